The zero-order chi connectivity index (χ0) is 13.0. The largest absolute Gasteiger partial charge is 0.353 e. The first-order valence-electron chi connectivity index (χ1n) is 8.30. The molecule has 3 N–H and O–H groups in total. The maximum Gasteiger partial charge on any atom is 0.223 e. The van der Waals surface area contributed by atoms with Gasteiger partial charge in [-0.15, -0.1) is 12.4 Å². The van der Waals surface area contributed by atoms with Crippen LogP contribution in [-0.4, -0.2) is 18.5 Å². The van der Waals surface area contributed by atoms with E-state index in [1.165, 1.54) is 38.5 Å². The van der Waals surface area contributed by atoms with Gasteiger partial charge in [0.15, 0.2) is 0 Å². The third kappa shape index (κ3) is 2.18. The second-order valence-electron chi connectivity index (χ2n) is 7.41. The average Bonchev–Trinajstić information content (AvgIpc) is 2.88. The Morgan fingerprint density at radius 2 is 1.70 bits per heavy atom. The van der Waals surface area contributed by atoms with E-state index in [1.807, 2.05) is 0 Å². The van der Waals surface area contributed by atoms with Crippen LogP contribution in [0.15, 0.2) is 0 Å². The molecule has 0 aromatic heterocycles. The summed E-state index contributed by atoms with van der Waals surface area (Å²) in [5, 5.41) is 3.36. The number of nitrogens with one attached hydrogen (secondary N) is 1. The molecular formula is C16H27ClN2O. The molecule has 3 nitrogen and oxygen atoms in total. The van der Waals surface area contributed by atoms with Crippen molar-refractivity contribution in [3.8, 4) is 0 Å². The van der Waals surface area contributed by atoms with Gasteiger partial charge >= 0.3 is 0 Å². The van der Waals surface area contributed by atoms with E-state index in [1.54, 1.807) is 0 Å². The molecule has 0 aromatic carbocycles. The molecule has 6 unspecified atom stereocenters. The molecule has 0 radical (unpaired) electrons. The Morgan fingerprint density at radius 3 is 2.35 bits per heavy atom. The SMILES string of the molecule is Cl.NCC1CCCCC1NC(=O)C1C2C3CCC(C3)C12. The molecule has 20 heavy (non-hydrogen) atoms. The van der Waals surface area contributed by atoms with Crippen molar-refractivity contribution in [3.63, 3.8) is 0 Å². The highest BCUT2D eigenvalue weighted by molar-refractivity contribution is 5.85. The van der Waals surface area contributed by atoms with Crippen molar-refractivity contribution in [2.45, 2.75) is 51.0 Å². The first-order chi connectivity index (χ1) is 9.29. The Labute approximate surface area is 127 Å². The van der Waals surface area contributed by atoms with Gasteiger partial charge in [0.2, 0.25) is 5.91 Å². The van der Waals surface area contributed by atoms with Gasteiger partial charge in [0, 0.05) is 12.0 Å². The van der Waals surface area contributed by atoms with Crippen molar-refractivity contribution in [3.05, 3.63) is 0 Å². The maximum atomic E-state index is 12.5. The summed E-state index contributed by atoms with van der Waals surface area (Å²) in [6, 6.07) is 0.366. The van der Waals surface area contributed by atoms with E-state index in [0.29, 0.717) is 23.8 Å². The highest BCUT2D eigenvalue weighted by Gasteiger charge is 2.67. The molecule has 4 fully saturated rings. The Balaban J connectivity index is 0.00000121. The van der Waals surface area contributed by atoms with Gasteiger partial charge in [-0.1, -0.05) is 12.8 Å². The minimum Gasteiger partial charge on any atom is -0.353 e. The summed E-state index contributed by atoms with van der Waals surface area (Å²) in [6.07, 6.45) is 9.09. The summed E-state index contributed by atoms with van der Waals surface area (Å²) in [7, 11) is 0. The van der Waals surface area contributed by atoms with E-state index >= 15 is 0 Å². The number of rotatable bonds is 3. The van der Waals surface area contributed by atoms with Crippen LogP contribution in [-0.2, 0) is 4.79 Å². The summed E-state index contributed by atoms with van der Waals surface area (Å²) >= 11 is 0. The van der Waals surface area contributed by atoms with Crippen LogP contribution in [0.3, 0.4) is 0 Å². The van der Waals surface area contributed by atoms with Crippen LogP contribution in [0.4, 0.5) is 0 Å². The molecular weight excluding hydrogens is 272 g/mol. The van der Waals surface area contributed by atoms with Crippen molar-refractivity contribution in [2.75, 3.05) is 6.54 Å². The number of hydrogen-bond donors (Lipinski definition) is 2. The molecule has 4 aliphatic rings. The van der Waals surface area contributed by atoms with Crippen molar-refractivity contribution in [1.29, 1.82) is 0 Å². The van der Waals surface area contributed by atoms with Crippen molar-refractivity contribution in [2.24, 2.45) is 41.2 Å². The van der Waals surface area contributed by atoms with E-state index < -0.39 is 0 Å². The number of carbonyl (C=O) groups excluding carboxylic acids is 1. The first-order valence-corrected chi connectivity index (χ1v) is 8.30. The molecule has 0 heterocycles. The molecule has 4 aliphatic carbocycles. The number of hydrogen-bond acceptors (Lipinski definition) is 2. The quantitative estimate of drug-likeness (QED) is 0.840. The standard InChI is InChI=1S/C16H26N2O.ClH/c17-8-11-3-1-2-4-12(11)18-16(19)15-13-9-5-6-10(7-9)14(13)15;/h9-15H,1-8,17H2,(H,18,19);1H. The van der Waals surface area contributed by atoms with Crippen molar-refractivity contribution in [1.82, 2.24) is 5.32 Å². The lowest BCUT2D eigenvalue weighted by molar-refractivity contribution is -0.124. The molecule has 2 bridgehead atoms. The highest BCUT2D eigenvalue weighted by atomic mass is 35.5. The van der Waals surface area contributed by atoms with Gasteiger partial charge in [0.25, 0.3) is 0 Å². The lowest BCUT2D eigenvalue weighted by Gasteiger charge is -2.31. The second kappa shape index (κ2) is 5.49. The molecule has 4 saturated carbocycles. The predicted octanol–water partition coefficient (Wildman–Crippen LogP) is 2.33. The molecule has 4 rings (SSSR count). The summed E-state index contributed by atoms with van der Waals surface area (Å²) in [5.41, 5.74) is 5.86. The number of nitrogens with two attached hydrogens (primary N) is 1. The fourth-order valence-corrected chi connectivity index (χ4v) is 5.63. The summed E-state index contributed by atoms with van der Waals surface area (Å²) in [6.45, 7) is 0.730. The topological polar surface area (TPSA) is 55.1 Å². The Morgan fingerprint density at radius 1 is 1.05 bits per heavy atom. The van der Waals surface area contributed by atoms with Crippen LogP contribution in [0.1, 0.15) is 44.9 Å². The number of carbonyl (C=O) groups is 1. The molecule has 0 spiro atoms. The molecule has 6 atom stereocenters. The molecule has 1 amide bonds. The van der Waals surface area contributed by atoms with E-state index in [9.17, 15) is 4.79 Å². The molecule has 0 aromatic rings. The summed E-state index contributed by atoms with van der Waals surface area (Å²) in [4.78, 5) is 12.5. The molecule has 4 heteroatoms. The fraction of sp³-hybridized carbons (Fsp3) is 0.938. The van der Waals surface area contributed by atoms with Gasteiger partial charge in [-0.3, -0.25) is 4.79 Å². The van der Waals surface area contributed by atoms with E-state index in [2.05, 4.69) is 5.32 Å². The van der Waals surface area contributed by atoms with Gasteiger partial charge in [-0.2, -0.15) is 0 Å². The van der Waals surface area contributed by atoms with Gasteiger partial charge in [0.05, 0.1) is 0 Å². The van der Waals surface area contributed by atoms with E-state index in [0.717, 1.165) is 36.6 Å². The zero-order valence-corrected chi connectivity index (χ0v) is 12.9. The van der Waals surface area contributed by atoms with Gasteiger partial charge in [-0.25, -0.2) is 0 Å². The third-order valence-electron chi connectivity index (χ3n) is 6.58. The van der Waals surface area contributed by atoms with Crippen LogP contribution >= 0.6 is 12.4 Å². The fourth-order valence-electron chi connectivity index (χ4n) is 5.63. The normalized spacial score (nSPS) is 48.4. The van der Waals surface area contributed by atoms with Gasteiger partial charge in [-0.05, 0) is 68.2 Å². The number of amides is 1. The van der Waals surface area contributed by atoms with Crippen LogP contribution in [0.2, 0.25) is 0 Å². The van der Waals surface area contributed by atoms with Crippen LogP contribution in [0, 0.1) is 35.5 Å². The first kappa shape index (κ1) is 14.6. The summed E-state index contributed by atoms with van der Waals surface area (Å²) in [5.74, 6) is 4.58. The van der Waals surface area contributed by atoms with Crippen LogP contribution in [0.5, 0.6) is 0 Å². The highest BCUT2D eigenvalue weighted by Crippen LogP contribution is 2.69. The Hall–Kier alpha value is -0.280. The molecule has 114 valence electrons. The average molecular weight is 299 g/mol. The Kier molecular flexibility index (Phi) is 4.02. The van der Waals surface area contributed by atoms with E-state index in [-0.39, 0.29) is 12.4 Å². The molecule has 0 saturated heterocycles. The minimum absolute atomic E-state index is 0. The minimum atomic E-state index is 0. The van der Waals surface area contributed by atoms with Crippen LogP contribution < -0.4 is 11.1 Å². The van der Waals surface area contributed by atoms with E-state index in [4.69, 9.17) is 5.73 Å². The predicted molar refractivity (Wildman–Crippen MR) is 81.5 cm³/mol. The summed E-state index contributed by atoms with van der Waals surface area (Å²) < 4.78 is 0. The lowest BCUT2D eigenvalue weighted by atomic mass is 9.84. The second-order valence-corrected chi connectivity index (χ2v) is 7.41. The van der Waals surface area contributed by atoms with Crippen LogP contribution in [0.25, 0.3) is 0 Å². The van der Waals surface area contributed by atoms with Gasteiger partial charge in [0.1, 0.15) is 0 Å². The van der Waals surface area contributed by atoms with Gasteiger partial charge < -0.3 is 11.1 Å². The number of fused-ring (bicyclic) bond motifs is 5. The lowest BCUT2D eigenvalue weighted by Crippen LogP contribution is -2.45. The monoisotopic (exact) mass is 298 g/mol. The molecule has 0 aliphatic heterocycles. The zero-order valence-electron chi connectivity index (χ0n) is 12.1. The van der Waals surface area contributed by atoms with Crippen molar-refractivity contribution < 1.29 is 4.79 Å². The number of halogens is 1. The maximum absolute atomic E-state index is 12.5. The third-order valence-corrected chi connectivity index (χ3v) is 6.58. The smallest absolute Gasteiger partial charge is 0.223 e. The Bertz CT molecular complexity index is 373. The van der Waals surface area contributed by atoms with Crippen molar-refractivity contribution >= 4 is 18.3 Å².